The van der Waals surface area contributed by atoms with Crippen LogP contribution in [0.2, 0.25) is 0 Å². The van der Waals surface area contributed by atoms with Crippen LogP contribution >= 0.6 is 0 Å². The van der Waals surface area contributed by atoms with Crippen LogP contribution in [0.15, 0.2) is 36.9 Å². The van der Waals surface area contributed by atoms with Crippen molar-refractivity contribution in [2.45, 2.75) is 0 Å². The van der Waals surface area contributed by atoms with Crippen LogP contribution in [0.5, 0.6) is 0 Å². The fourth-order valence-electron chi connectivity index (χ4n) is 1.39. The van der Waals surface area contributed by atoms with Crippen molar-refractivity contribution in [1.82, 2.24) is 9.55 Å². The van der Waals surface area contributed by atoms with Crippen molar-refractivity contribution in [3.8, 4) is 0 Å². The lowest BCUT2D eigenvalue weighted by Gasteiger charge is -2.07. The van der Waals surface area contributed by atoms with E-state index in [0.717, 1.165) is 0 Å². The molecule has 0 saturated carbocycles. The SMILES string of the molecule is N=C(c1cc([N+](=O)[O-])ccc1N)n1ccnc1. The minimum Gasteiger partial charge on any atom is -0.398 e. The molecule has 2 rings (SSSR count). The molecule has 0 aliphatic carbocycles. The Hall–Kier alpha value is -2.70. The largest absolute Gasteiger partial charge is 0.398 e. The van der Waals surface area contributed by atoms with Crippen LogP contribution in [0.1, 0.15) is 5.56 Å². The summed E-state index contributed by atoms with van der Waals surface area (Å²) < 4.78 is 1.43. The van der Waals surface area contributed by atoms with Gasteiger partial charge in [0.25, 0.3) is 5.69 Å². The van der Waals surface area contributed by atoms with Crippen molar-refractivity contribution in [3.05, 3.63) is 52.6 Å². The number of benzene rings is 1. The van der Waals surface area contributed by atoms with E-state index < -0.39 is 4.92 Å². The van der Waals surface area contributed by atoms with E-state index in [9.17, 15) is 10.1 Å². The summed E-state index contributed by atoms with van der Waals surface area (Å²) in [6.07, 6.45) is 4.52. The molecule has 0 amide bonds. The van der Waals surface area contributed by atoms with Crippen LogP contribution in [-0.2, 0) is 0 Å². The molecule has 17 heavy (non-hydrogen) atoms. The number of hydrogen-bond acceptors (Lipinski definition) is 5. The Morgan fingerprint density at radius 1 is 1.53 bits per heavy atom. The van der Waals surface area contributed by atoms with E-state index in [1.807, 2.05) is 0 Å². The number of nitrogens with one attached hydrogen (secondary N) is 1. The summed E-state index contributed by atoms with van der Waals surface area (Å²) in [4.78, 5) is 13.9. The van der Waals surface area contributed by atoms with Gasteiger partial charge in [-0.2, -0.15) is 0 Å². The molecule has 1 aromatic carbocycles. The molecule has 7 heteroatoms. The van der Waals surface area contributed by atoms with Gasteiger partial charge in [0.15, 0.2) is 0 Å². The number of nitro groups is 1. The van der Waals surface area contributed by atoms with Crippen LogP contribution in [-0.4, -0.2) is 20.3 Å². The lowest BCUT2D eigenvalue weighted by molar-refractivity contribution is -0.384. The monoisotopic (exact) mass is 231 g/mol. The van der Waals surface area contributed by atoms with E-state index in [1.165, 1.54) is 35.3 Å². The van der Waals surface area contributed by atoms with Gasteiger partial charge in [-0.25, -0.2) is 4.98 Å². The number of rotatable bonds is 2. The zero-order chi connectivity index (χ0) is 12.4. The highest BCUT2D eigenvalue weighted by atomic mass is 16.6. The molecule has 0 spiro atoms. The molecule has 7 nitrogen and oxygen atoms in total. The van der Waals surface area contributed by atoms with Gasteiger partial charge in [-0.1, -0.05) is 0 Å². The number of non-ortho nitro benzene ring substituents is 1. The van der Waals surface area contributed by atoms with Crippen LogP contribution < -0.4 is 5.73 Å². The van der Waals surface area contributed by atoms with E-state index in [4.69, 9.17) is 11.1 Å². The van der Waals surface area contributed by atoms with Gasteiger partial charge >= 0.3 is 0 Å². The van der Waals surface area contributed by atoms with Gasteiger partial charge in [-0.15, -0.1) is 0 Å². The summed E-state index contributed by atoms with van der Waals surface area (Å²) in [5, 5.41) is 18.5. The average Bonchev–Trinajstić information content (AvgIpc) is 2.81. The molecule has 0 bridgehead atoms. The summed E-state index contributed by atoms with van der Waals surface area (Å²) in [5.74, 6) is 0.0451. The maximum absolute atomic E-state index is 10.6. The standard InChI is InChI=1S/C10H9N5O2/c11-9-2-1-7(15(16)17)5-8(9)10(12)14-4-3-13-6-14/h1-6,12H,11H2. The fourth-order valence-corrected chi connectivity index (χ4v) is 1.39. The van der Waals surface area contributed by atoms with Gasteiger partial charge in [0, 0.05) is 35.8 Å². The first-order chi connectivity index (χ1) is 8.09. The predicted molar refractivity (Wildman–Crippen MR) is 62.0 cm³/mol. The highest BCUT2D eigenvalue weighted by molar-refractivity contribution is 6.02. The van der Waals surface area contributed by atoms with Gasteiger partial charge in [0.05, 0.1) is 4.92 Å². The number of nitrogens with zero attached hydrogens (tertiary/aromatic N) is 3. The minimum absolute atomic E-state index is 0.0451. The van der Waals surface area contributed by atoms with Crippen LogP contribution in [0.3, 0.4) is 0 Å². The van der Waals surface area contributed by atoms with Gasteiger partial charge in [-0.3, -0.25) is 20.1 Å². The molecule has 0 atom stereocenters. The van der Waals surface area contributed by atoms with E-state index in [2.05, 4.69) is 4.98 Å². The van der Waals surface area contributed by atoms with Crippen molar-refractivity contribution in [1.29, 1.82) is 5.41 Å². The second-order valence-electron chi connectivity index (χ2n) is 3.35. The number of nitrogen functional groups attached to an aromatic ring is 1. The number of nitrogens with two attached hydrogens (primary N) is 1. The quantitative estimate of drug-likeness (QED) is 0.266. The Morgan fingerprint density at radius 3 is 2.88 bits per heavy atom. The number of imidazole rings is 1. The summed E-state index contributed by atoms with van der Waals surface area (Å²) >= 11 is 0. The molecule has 0 fully saturated rings. The highest BCUT2D eigenvalue weighted by Crippen LogP contribution is 2.20. The Labute approximate surface area is 96.2 Å². The normalized spacial score (nSPS) is 10.1. The molecule has 3 N–H and O–H groups in total. The lowest BCUT2D eigenvalue weighted by atomic mass is 10.1. The summed E-state index contributed by atoms with van der Waals surface area (Å²) in [5.41, 5.74) is 6.22. The van der Waals surface area contributed by atoms with Crippen molar-refractivity contribution in [3.63, 3.8) is 0 Å². The molecule has 0 aliphatic rings. The van der Waals surface area contributed by atoms with E-state index in [-0.39, 0.29) is 11.5 Å². The van der Waals surface area contributed by atoms with Gasteiger partial charge < -0.3 is 5.73 Å². The Morgan fingerprint density at radius 2 is 2.29 bits per heavy atom. The third-order valence-corrected chi connectivity index (χ3v) is 2.27. The Bertz CT molecular complexity index is 576. The molecule has 0 radical (unpaired) electrons. The third kappa shape index (κ3) is 1.98. The average molecular weight is 231 g/mol. The molecular formula is C10H9N5O2. The van der Waals surface area contributed by atoms with Gasteiger partial charge in [0.2, 0.25) is 0 Å². The lowest BCUT2D eigenvalue weighted by Crippen LogP contribution is -2.12. The Balaban J connectivity index is 2.48. The summed E-state index contributed by atoms with van der Waals surface area (Å²) in [6, 6.07) is 4.00. The van der Waals surface area contributed by atoms with Crippen LogP contribution in [0.4, 0.5) is 11.4 Å². The molecular weight excluding hydrogens is 222 g/mol. The van der Waals surface area contributed by atoms with E-state index >= 15 is 0 Å². The first-order valence-electron chi connectivity index (χ1n) is 4.71. The number of aromatic nitrogens is 2. The zero-order valence-electron chi connectivity index (χ0n) is 8.70. The second kappa shape index (κ2) is 4.05. The maximum Gasteiger partial charge on any atom is 0.270 e. The molecule has 0 unspecified atom stereocenters. The van der Waals surface area contributed by atoms with E-state index in [0.29, 0.717) is 11.3 Å². The molecule has 2 aromatic rings. The second-order valence-corrected chi connectivity index (χ2v) is 3.35. The van der Waals surface area contributed by atoms with Gasteiger partial charge in [0.1, 0.15) is 12.2 Å². The predicted octanol–water partition coefficient (Wildman–Crippen LogP) is 1.25. The molecule has 0 saturated heterocycles. The molecule has 0 aliphatic heterocycles. The highest BCUT2D eigenvalue weighted by Gasteiger charge is 2.13. The molecule has 1 heterocycles. The van der Waals surface area contributed by atoms with Gasteiger partial charge in [-0.05, 0) is 6.07 Å². The Kier molecular flexibility index (Phi) is 2.57. The first kappa shape index (κ1) is 10.8. The third-order valence-electron chi connectivity index (χ3n) is 2.27. The summed E-state index contributed by atoms with van der Waals surface area (Å²) in [7, 11) is 0. The van der Waals surface area contributed by atoms with Crippen molar-refractivity contribution < 1.29 is 4.92 Å². The summed E-state index contributed by atoms with van der Waals surface area (Å²) in [6.45, 7) is 0. The fraction of sp³-hybridized carbons (Fsp3) is 0. The number of hydrogen-bond donors (Lipinski definition) is 2. The van der Waals surface area contributed by atoms with Crippen LogP contribution in [0.25, 0.3) is 0 Å². The number of nitro benzene ring substituents is 1. The maximum atomic E-state index is 10.6. The van der Waals surface area contributed by atoms with E-state index in [1.54, 1.807) is 6.20 Å². The van der Waals surface area contributed by atoms with Crippen molar-refractivity contribution in [2.24, 2.45) is 0 Å². The van der Waals surface area contributed by atoms with Crippen molar-refractivity contribution in [2.75, 3.05) is 5.73 Å². The zero-order valence-corrected chi connectivity index (χ0v) is 8.70. The smallest absolute Gasteiger partial charge is 0.270 e. The molecule has 1 aromatic heterocycles. The number of anilines is 1. The topological polar surface area (TPSA) is 111 Å². The first-order valence-corrected chi connectivity index (χ1v) is 4.71. The minimum atomic E-state index is -0.524. The van der Waals surface area contributed by atoms with Crippen molar-refractivity contribution >= 4 is 17.2 Å². The van der Waals surface area contributed by atoms with Crippen LogP contribution in [0, 0.1) is 15.5 Å². The molecule has 86 valence electrons.